The lowest BCUT2D eigenvalue weighted by Crippen LogP contribution is -2.14. The number of hydrogen-bond donors (Lipinski definition) is 2. The molecule has 1 aromatic heterocycles. The first-order chi connectivity index (χ1) is 8.65. The Morgan fingerprint density at radius 2 is 2.33 bits per heavy atom. The summed E-state index contributed by atoms with van der Waals surface area (Å²) in [5.41, 5.74) is 0.632. The summed E-state index contributed by atoms with van der Waals surface area (Å²) in [6.45, 7) is 3.71. The van der Waals surface area contributed by atoms with E-state index in [0.29, 0.717) is 24.8 Å². The second kappa shape index (κ2) is 5.77. The summed E-state index contributed by atoms with van der Waals surface area (Å²) in [6.07, 6.45) is 2.55. The molecule has 1 fully saturated rings. The molecule has 6 nitrogen and oxygen atoms in total. The SMILES string of the molecule is Cc1cc(C(=O)O)nc(NCCOCC2CC2)n1. The number of aromatic nitrogens is 2. The van der Waals surface area contributed by atoms with Crippen LogP contribution >= 0.6 is 0 Å². The number of carboxylic acids is 1. The van der Waals surface area contributed by atoms with Gasteiger partial charge in [0.2, 0.25) is 5.95 Å². The highest BCUT2D eigenvalue weighted by molar-refractivity contribution is 5.85. The molecule has 0 spiro atoms. The van der Waals surface area contributed by atoms with Gasteiger partial charge in [0.05, 0.1) is 6.61 Å². The van der Waals surface area contributed by atoms with Crippen molar-refractivity contribution in [3.8, 4) is 0 Å². The molecule has 2 rings (SSSR count). The van der Waals surface area contributed by atoms with Crippen molar-refractivity contribution in [2.24, 2.45) is 5.92 Å². The van der Waals surface area contributed by atoms with Gasteiger partial charge in [-0.2, -0.15) is 0 Å². The van der Waals surface area contributed by atoms with Gasteiger partial charge in [0.15, 0.2) is 5.69 Å². The summed E-state index contributed by atoms with van der Waals surface area (Å²) in [5.74, 6) is 0.0368. The van der Waals surface area contributed by atoms with Gasteiger partial charge in [-0.15, -0.1) is 0 Å². The summed E-state index contributed by atoms with van der Waals surface area (Å²) >= 11 is 0. The van der Waals surface area contributed by atoms with Crippen molar-refractivity contribution in [2.75, 3.05) is 25.1 Å². The Morgan fingerprint density at radius 3 is 3.00 bits per heavy atom. The second-order valence-corrected chi connectivity index (χ2v) is 4.47. The van der Waals surface area contributed by atoms with E-state index in [9.17, 15) is 4.79 Å². The molecule has 0 saturated heterocycles. The van der Waals surface area contributed by atoms with Gasteiger partial charge in [-0.05, 0) is 31.7 Å². The number of nitrogens with one attached hydrogen (secondary N) is 1. The van der Waals surface area contributed by atoms with Gasteiger partial charge in [-0.3, -0.25) is 0 Å². The van der Waals surface area contributed by atoms with Gasteiger partial charge >= 0.3 is 5.97 Å². The van der Waals surface area contributed by atoms with E-state index < -0.39 is 5.97 Å². The van der Waals surface area contributed by atoms with E-state index in [-0.39, 0.29) is 5.69 Å². The summed E-state index contributed by atoms with van der Waals surface area (Å²) in [5, 5.41) is 11.8. The van der Waals surface area contributed by atoms with Crippen LogP contribution in [0.15, 0.2) is 6.07 Å². The first-order valence-electron chi connectivity index (χ1n) is 6.06. The molecular formula is C12H17N3O3. The Morgan fingerprint density at radius 1 is 1.56 bits per heavy atom. The molecular weight excluding hydrogens is 234 g/mol. The van der Waals surface area contributed by atoms with Crippen LogP contribution in [0.25, 0.3) is 0 Å². The molecule has 1 aromatic rings. The maximum atomic E-state index is 10.8. The van der Waals surface area contributed by atoms with Crippen molar-refractivity contribution < 1.29 is 14.6 Å². The molecule has 0 aromatic carbocycles. The number of aryl methyl sites for hydroxylation is 1. The minimum Gasteiger partial charge on any atom is -0.477 e. The largest absolute Gasteiger partial charge is 0.477 e. The lowest BCUT2D eigenvalue weighted by molar-refractivity contribution is 0.0690. The van der Waals surface area contributed by atoms with Crippen LogP contribution in [0, 0.1) is 12.8 Å². The zero-order valence-corrected chi connectivity index (χ0v) is 10.3. The lowest BCUT2D eigenvalue weighted by atomic mass is 10.3. The van der Waals surface area contributed by atoms with Gasteiger partial charge < -0.3 is 15.2 Å². The molecule has 0 unspecified atom stereocenters. The van der Waals surface area contributed by atoms with Crippen molar-refractivity contribution in [3.63, 3.8) is 0 Å². The fourth-order valence-electron chi connectivity index (χ4n) is 1.53. The van der Waals surface area contributed by atoms with Crippen molar-refractivity contribution >= 4 is 11.9 Å². The molecule has 18 heavy (non-hydrogen) atoms. The van der Waals surface area contributed by atoms with Gasteiger partial charge in [-0.25, -0.2) is 14.8 Å². The number of carbonyl (C=O) groups is 1. The van der Waals surface area contributed by atoms with Gasteiger partial charge in [0.1, 0.15) is 0 Å². The van der Waals surface area contributed by atoms with E-state index in [1.807, 2.05) is 0 Å². The standard InChI is InChI=1S/C12H17N3O3/c1-8-6-10(11(16)17)15-12(14-8)13-4-5-18-7-9-2-3-9/h6,9H,2-5,7H2,1H3,(H,16,17)(H,13,14,15). The molecule has 1 aliphatic rings. The fraction of sp³-hybridized carbons (Fsp3) is 0.583. The molecule has 1 saturated carbocycles. The van der Waals surface area contributed by atoms with Crippen LogP contribution in [0.4, 0.5) is 5.95 Å². The van der Waals surface area contributed by atoms with Crippen molar-refractivity contribution in [1.82, 2.24) is 9.97 Å². The highest BCUT2D eigenvalue weighted by atomic mass is 16.5. The van der Waals surface area contributed by atoms with Gasteiger partial charge in [-0.1, -0.05) is 0 Å². The zero-order chi connectivity index (χ0) is 13.0. The van der Waals surface area contributed by atoms with Crippen LogP contribution in [-0.2, 0) is 4.74 Å². The topological polar surface area (TPSA) is 84.3 Å². The molecule has 0 atom stereocenters. The highest BCUT2D eigenvalue weighted by Crippen LogP contribution is 2.28. The number of nitrogens with zero attached hydrogens (tertiary/aromatic N) is 2. The Bertz CT molecular complexity index is 433. The minimum absolute atomic E-state index is 0.00361. The molecule has 1 aliphatic carbocycles. The van der Waals surface area contributed by atoms with E-state index >= 15 is 0 Å². The van der Waals surface area contributed by atoms with E-state index in [1.165, 1.54) is 18.9 Å². The van der Waals surface area contributed by atoms with E-state index in [0.717, 1.165) is 12.5 Å². The van der Waals surface area contributed by atoms with E-state index in [1.54, 1.807) is 6.92 Å². The predicted octanol–water partition coefficient (Wildman–Crippen LogP) is 1.32. The number of ether oxygens (including phenoxy) is 1. The van der Waals surface area contributed by atoms with E-state index in [4.69, 9.17) is 9.84 Å². The molecule has 0 radical (unpaired) electrons. The zero-order valence-electron chi connectivity index (χ0n) is 10.3. The van der Waals surface area contributed by atoms with Crippen LogP contribution in [0.5, 0.6) is 0 Å². The molecule has 0 bridgehead atoms. The number of rotatable bonds is 7. The molecule has 0 amide bonds. The maximum Gasteiger partial charge on any atom is 0.354 e. The Balaban J connectivity index is 1.78. The third-order valence-electron chi connectivity index (χ3n) is 2.65. The Hall–Kier alpha value is -1.69. The minimum atomic E-state index is -1.05. The quantitative estimate of drug-likeness (QED) is 0.711. The molecule has 0 aliphatic heterocycles. The number of hydrogen-bond acceptors (Lipinski definition) is 5. The van der Waals surface area contributed by atoms with Crippen molar-refractivity contribution in [1.29, 1.82) is 0 Å². The fourth-order valence-corrected chi connectivity index (χ4v) is 1.53. The van der Waals surface area contributed by atoms with Gasteiger partial charge in [0.25, 0.3) is 0 Å². The molecule has 2 N–H and O–H groups in total. The summed E-state index contributed by atoms with van der Waals surface area (Å²) in [6, 6.07) is 1.44. The highest BCUT2D eigenvalue weighted by Gasteiger charge is 2.20. The van der Waals surface area contributed by atoms with Gasteiger partial charge in [0, 0.05) is 18.8 Å². The number of anilines is 1. The predicted molar refractivity (Wildman–Crippen MR) is 65.8 cm³/mol. The van der Waals surface area contributed by atoms with Crippen LogP contribution in [-0.4, -0.2) is 40.8 Å². The van der Waals surface area contributed by atoms with Crippen molar-refractivity contribution in [2.45, 2.75) is 19.8 Å². The average molecular weight is 251 g/mol. The normalized spacial score (nSPS) is 14.5. The van der Waals surface area contributed by atoms with Crippen LogP contribution in [0.3, 0.4) is 0 Å². The maximum absolute atomic E-state index is 10.8. The Labute approximate surface area is 105 Å². The van der Waals surface area contributed by atoms with Crippen LogP contribution in [0.2, 0.25) is 0 Å². The molecule has 98 valence electrons. The second-order valence-electron chi connectivity index (χ2n) is 4.47. The third-order valence-corrected chi connectivity index (χ3v) is 2.65. The number of aromatic carboxylic acids is 1. The van der Waals surface area contributed by atoms with Crippen LogP contribution < -0.4 is 5.32 Å². The first kappa shape index (κ1) is 12.8. The Kier molecular flexibility index (Phi) is 4.09. The average Bonchev–Trinajstić information content (AvgIpc) is 3.12. The molecule has 1 heterocycles. The monoisotopic (exact) mass is 251 g/mol. The molecule has 6 heteroatoms. The summed E-state index contributed by atoms with van der Waals surface area (Å²) in [4.78, 5) is 18.8. The lowest BCUT2D eigenvalue weighted by Gasteiger charge is -2.07. The van der Waals surface area contributed by atoms with Crippen molar-refractivity contribution in [3.05, 3.63) is 17.5 Å². The third kappa shape index (κ3) is 3.96. The first-order valence-corrected chi connectivity index (χ1v) is 6.06. The van der Waals surface area contributed by atoms with E-state index in [2.05, 4.69) is 15.3 Å². The summed E-state index contributed by atoms with van der Waals surface area (Å²) in [7, 11) is 0. The smallest absolute Gasteiger partial charge is 0.354 e. The van der Waals surface area contributed by atoms with Crippen LogP contribution in [0.1, 0.15) is 29.0 Å². The summed E-state index contributed by atoms with van der Waals surface area (Å²) < 4.78 is 5.45. The number of carboxylic acid groups (broad SMARTS) is 1.